The summed E-state index contributed by atoms with van der Waals surface area (Å²) in [7, 11) is 1.99. The normalized spacial score (nSPS) is 17.7. The number of rotatable bonds is 7. The molecule has 1 aromatic rings. The zero-order valence-electron chi connectivity index (χ0n) is 15.6. The highest BCUT2D eigenvalue weighted by atomic mass is 127. The zero-order chi connectivity index (χ0) is 18.3. The van der Waals surface area contributed by atoms with Crippen molar-refractivity contribution in [2.75, 3.05) is 40.9 Å². The predicted octanol–water partition coefficient (Wildman–Crippen LogP) is 1.40. The van der Waals surface area contributed by atoms with Gasteiger partial charge in [-0.2, -0.15) is 0 Å². The molecule has 1 saturated heterocycles. The lowest BCUT2D eigenvalue weighted by atomic mass is 10.1. The van der Waals surface area contributed by atoms with Crippen LogP contribution in [0.4, 0.5) is 0 Å². The second-order valence-electron chi connectivity index (χ2n) is 6.29. The summed E-state index contributed by atoms with van der Waals surface area (Å²) < 4.78 is 30.9. The number of sulfonamides is 1. The molecule has 0 aliphatic carbocycles. The number of hydrogen-bond donors (Lipinski definition) is 2. The molecule has 1 unspecified atom stereocenters. The summed E-state index contributed by atoms with van der Waals surface area (Å²) in [4.78, 5) is 6.44. The van der Waals surface area contributed by atoms with E-state index in [1.54, 1.807) is 7.05 Å². The Balaban J connectivity index is 0.00000338. The van der Waals surface area contributed by atoms with Crippen LogP contribution in [-0.4, -0.2) is 60.2 Å². The van der Waals surface area contributed by atoms with Crippen molar-refractivity contribution >= 4 is 40.0 Å². The molecule has 0 saturated carbocycles. The fourth-order valence-corrected chi connectivity index (χ4v) is 3.59. The van der Waals surface area contributed by atoms with Crippen LogP contribution in [0.15, 0.2) is 29.3 Å². The first-order valence-electron chi connectivity index (χ1n) is 8.42. The molecule has 1 aromatic carbocycles. The summed E-state index contributed by atoms with van der Waals surface area (Å²) in [5, 5.41) is 3.34. The molecule has 0 radical (unpaired) electrons. The fraction of sp³-hybridized carbons (Fsp3) is 0.588. The molecule has 0 spiro atoms. The van der Waals surface area contributed by atoms with Crippen molar-refractivity contribution in [2.45, 2.75) is 18.7 Å². The SMILES string of the molecule is CN=C(NCc1ccc(CS(=O)(=O)NC)cc1)N(C)CC1CCOC1.I. The lowest BCUT2D eigenvalue weighted by Gasteiger charge is -2.24. The number of benzene rings is 1. The monoisotopic (exact) mass is 496 g/mol. The molecule has 0 aromatic heterocycles. The van der Waals surface area contributed by atoms with E-state index in [0.29, 0.717) is 12.5 Å². The summed E-state index contributed by atoms with van der Waals surface area (Å²) in [5.41, 5.74) is 1.84. The van der Waals surface area contributed by atoms with Gasteiger partial charge in [0.1, 0.15) is 0 Å². The van der Waals surface area contributed by atoms with Crippen molar-refractivity contribution in [1.29, 1.82) is 0 Å². The fourth-order valence-electron chi connectivity index (χ4n) is 2.81. The van der Waals surface area contributed by atoms with Crippen molar-refractivity contribution in [2.24, 2.45) is 10.9 Å². The summed E-state index contributed by atoms with van der Waals surface area (Å²) in [6.07, 6.45) is 1.10. The van der Waals surface area contributed by atoms with Gasteiger partial charge in [-0.1, -0.05) is 24.3 Å². The Kier molecular flexibility index (Phi) is 9.83. The van der Waals surface area contributed by atoms with Crippen LogP contribution >= 0.6 is 24.0 Å². The van der Waals surface area contributed by atoms with E-state index < -0.39 is 10.0 Å². The van der Waals surface area contributed by atoms with Crippen molar-refractivity contribution in [3.8, 4) is 0 Å². The van der Waals surface area contributed by atoms with Crippen LogP contribution in [0.2, 0.25) is 0 Å². The second kappa shape index (κ2) is 11.1. The maximum atomic E-state index is 11.6. The van der Waals surface area contributed by atoms with E-state index in [-0.39, 0.29) is 29.7 Å². The van der Waals surface area contributed by atoms with Crippen molar-refractivity contribution in [1.82, 2.24) is 14.9 Å². The van der Waals surface area contributed by atoms with Gasteiger partial charge in [0.25, 0.3) is 0 Å². The predicted molar refractivity (Wildman–Crippen MR) is 115 cm³/mol. The Hall–Kier alpha value is -0.910. The highest BCUT2D eigenvalue weighted by Crippen LogP contribution is 2.13. The average molecular weight is 496 g/mol. The minimum atomic E-state index is -3.24. The number of aliphatic imine (C=N–C) groups is 1. The third-order valence-electron chi connectivity index (χ3n) is 4.27. The van der Waals surface area contributed by atoms with Gasteiger partial charge in [0, 0.05) is 39.7 Å². The molecule has 148 valence electrons. The van der Waals surface area contributed by atoms with Gasteiger partial charge < -0.3 is 15.0 Å². The standard InChI is InChI=1S/C17H28N4O3S.HI/c1-18-17(21(3)11-16-8-9-24-12-16)20-10-14-4-6-15(7-5-14)13-25(22,23)19-2;/h4-7,16,19H,8-13H2,1-3H3,(H,18,20);1H. The first-order chi connectivity index (χ1) is 11.9. The Bertz CT molecular complexity index is 674. The van der Waals surface area contributed by atoms with Gasteiger partial charge >= 0.3 is 0 Å². The molecular formula is C17H29IN4O3S. The number of nitrogens with one attached hydrogen (secondary N) is 2. The quantitative estimate of drug-likeness (QED) is 0.339. The second-order valence-corrected chi connectivity index (χ2v) is 8.22. The molecule has 0 amide bonds. The van der Waals surface area contributed by atoms with E-state index in [0.717, 1.165) is 43.3 Å². The molecule has 7 nitrogen and oxygen atoms in total. The minimum absolute atomic E-state index is 0. The van der Waals surface area contributed by atoms with Crippen LogP contribution in [0.25, 0.3) is 0 Å². The highest BCUT2D eigenvalue weighted by Gasteiger charge is 2.19. The van der Waals surface area contributed by atoms with E-state index in [9.17, 15) is 8.42 Å². The lowest BCUT2D eigenvalue weighted by molar-refractivity contribution is 0.181. The molecule has 2 rings (SSSR count). The van der Waals surface area contributed by atoms with Crippen molar-refractivity contribution in [3.05, 3.63) is 35.4 Å². The highest BCUT2D eigenvalue weighted by molar-refractivity contribution is 14.0. The summed E-state index contributed by atoms with van der Waals surface area (Å²) >= 11 is 0. The minimum Gasteiger partial charge on any atom is -0.381 e. The van der Waals surface area contributed by atoms with Gasteiger partial charge in [0.2, 0.25) is 10.0 Å². The van der Waals surface area contributed by atoms with Crippen LogP contribution < -0.4 is 10.0 Å². The van der Waals surface area contributed by atoms with E-state index in [2.05, 4.69) is 19.9 Å². The number of halogens is 1. The molecular weight excluding hydrogens is 467 g/mol. The largest absolute Gasteiger partial charge is 0.381 e. The van der Waals surface area contributed by atoms with Crippen LogP contribution in [0.3, 0.4) is 0 Å². The Morgan fingerprint density at radius 2 is 1.96 bits per heavy atom. The Morgan fingerprint density at radius 3 is 2.50 bits per heavy atom. The van der Waals surface area contributed by atoms with E-state index >= 15 is 0 Å². The number of nitrogens with zero attached hydrogens (tertiary/aromatic N) is 2. The van der Waals surface area contributed by atoms with E-state index in [1.165, 1.54) is 7.05 Å². The third kappa shape index (κ3) is 7.37. The number of hydrogen-bond acceptors (Lipinski definition) is 4. The smallest absolute Gasteiger partial charge is 0.215 e. The van der Waals surface area contributed by atoms with Gasteiger partial charge in [0.05, 0.1) is 12.4 Å². The van der Waals surface area contributed by atoms with Crippen LogP contribution in [0.5, 0.6) is 0 Å². The van der Waals surface area contributed by atoms with Crippen LogP contribution in [0, 0.1) is 5.92 Å². The molecule has 1 atom stereocenters. The van der Waals surface area contributed by atoms with Crippen LogP contribution in [-0.2, 0) is 27.1 Å². The molecule has 1 heterocycles. The van der Waals surface area contributed by atoms with Crippen molar-refractivity contribution < 1.29 is 13.2 Å². The van der Waals surface area contributed by atoms with Gasteiger partial charge in [-0.25, -0.2) is 13.1 Å². The van der Waals surface area contributed by atoms with E-state index in [4.69, 9.17) is 4.74 Å². The molecule has 1 aliphatic heterocycles. The lowest BCUT2D eigenvalue weighted by Crippen LogP contribution is -2.41. The zero-order valence-corrected chi connectivity index (χ0v) is 18.7. The number of guanidine groups is 1. The van der Waals surface area contributed by atoms with Gasteiger partial charge in [-0.05, 0) is 24.6 Å². The van der Waals surface area contributed by atoms with Crippen LogP contribution in [0.1, 0.15) is 17.5 Å². The van der Waals surface area contributed by atoms with Gasteiger partial charge in [0.15, 0.2) is 5.96 Å². The first kappa shape index (κ1) is 23.1. The van der Waals surface area contributed by atoms with Gasteiger partial charge in [-0.3, -0.25) is 4.99 Å². The molecule has 2 N–H and O–H groups in total. The Morgan fingerprint density at radius 1 is 1.31 bits per heavy atom. The topological polar surface area (TPSA) is 83.0 Å². The molecule has 1 aliphatic rings. The summed E-state index contributed by atoms with van der Waals surface area (Å²) in [5.74, 6) is 1.39. The average Bonchev–Trinajstić information content (AvgIpc) is 3.09. The maximum absolute atomic E-state index is 11.6. The molecule has 26 heavy (non-hydrogen) atoms. The first-order valence-corrected chi connectivity index (χ1v) is 10.1. The van der Waals surface area contributed by atoms with Gasteiger partial charge in [-0.15, -0.1) is 24.0 Å². The molecule has 9 heteroatoms. The molecule has 1 fully saturated rings. The summed E-state index contributed by atoms with van der Waals surface area (Å²) in [6.45, 7) is 3.22. The summed E-state index contributed by atoms with van der Waals surface area (Å²) in [6, 6.07) is 7.56. The Labute approximate surface area is 173 Å². The maximum Gasteiger partial charge on any atom is 0.215 e. The van der Waals surface area contributed by atoms with Crippen molar-refractivity contribution in [3.63, 3.8) is 0 Å². The molecule has 0 bridgehead atoms. The third-order valence-corrected chi connectivity index (χ3v) is 5.61. The van der Waals surface area contributed by atoms with E-state index in [1.807, 2.05) is 31.3 Å². The number of ether oxygens (including phenoxy) is 1.